The van der Waals surface area contributed by atoms with E-state index in [0.717, 1.165) is 11.4 Å². The normalized spacial score (nSPS) is 10.5. The molecule has 0 heterocycles. The van der Waals surface area contributed by atoms with E-state index in [0.29, 0.717) is 0 Å². The summed E-state index contributed by atoms with van der Waals surface area (Å²) in [6.45, 7) is 4.30. The van der Waals surface area contributed by atoms with Crippen LogP contribution in [0, 0.1) is 13.8 Å². The molecule has 0 spiro atoms. The van der Waals surface area contributed by atoms with Gasteiger partial charge >= 0.3 is 0 Å². The predicted molar refractivity (Wildman–Crippen MR) is 76.3 cm³/mol. The largest absolute Gasteiger partial charge is 0.399 e. The van der Waals surface area contributed by atoms with Crippen molar-refractivity contribution >= 4 is 17.4 Å². The summed E-state index contributed by atoms with van der Waals surface area (Å²) in [6, 6.07) is 14.7. The molecule has 0 saturated heterocycles. The van der Waals surface area contributed by atoms with Crippen molar-refractivity contribution in [2.75, 3.05) is 5.73 Å². The molecule has 0 aromatic heterocycles. The molecule has 2 heteroatoms. The Kier molecular flexibility index (Phi) is 3.75. The van der Waals surface area contributed by atoms with E-state index >= 15 is 0 Å². The van der Waals surface area contributed by atoms with E-state index in [1.165, 1.54) is 21.6 Å². The van der Waals surface area contributed by atoms with Crippen LogP contribution in [-0.2, 0) is 5.75 Å². The molecule has 17 heavy (non-hydrogen) atoms. The van der Waals surface area contributed by atoms with E-state index in [4.69, 9.17) is 5.73 Å². The Labute approximate surface area is 107 Å². The molecule has 1 nitrogen and oxygen atoms in total. The fraction of sp³-hybridized carbons (Fsp3) is 0.200. The van der Waals surface area contributed by atoms with Gasteiger partial charge in [0.25, 0.3) is 0 Å². The molecule has 0 amide bonds. The Bertz CT molecular complexity index is 503. The van der Waals surface area contributed by atoms with Gasteiger partial charge in [0.05, 0.1) is 0 Å². The number of aryl methyl sites for hydroxylation is 2. The van der Waals surface area contributed by atoms with Gasteiger partial charge in [0.1, 0.15) is 0 Å². The van der Waals surface area contributed by atoms with Crippen molar-refractivity contribution < 1.29 is 0 Å². The minimum atomic E-state index is 0.820. The van der Waals surface area contributed by atoms with Gasteiger partial charge < -0.3 is 5.73 Å². The summed E-state index contributed by atoms with van der Waals surface area (Å²) in [5.41, 5.74) is 10.6. The smallest absolute Gasteiger partial charge is 0.0314 e. The molecule has 2 aromatic carbocycles. The topological polar surface area (TPSA) is 26.0 Å². The van der Waals surface area contributed by atoms with Crippen LogP contribution in [-0.4, -0.2) is 0 Å². The number of hydrogen-bond acceptors (Lipinski definition) is 2. The second kappa shape index (κ2) is 5.28. The van der Waals surface area contributed by atoms with Gasteiger partial charge in [-0.05, 0) is 49.2 Å². The molecule has 0 bridgehead atoms. The maximum Gasteiger partial charge on any atom is 0.0314 e. The fourth-order valence-corrected chi connectivity index (χ4v) is 2.71. The molecule has 0 aliphatic rings. The summed E-state index contributed by atoms with van der Waals surface area (Å²) in [6.07, 6.45) is 0. The van der Waals surface area contributed by atoms with E-state index in [-0.39, 0.29) is 0 Å². The van der Waals surface area contributed by atoms with Gasteiger partial charge in [0.15, 0.2) is 0 Å². The maximum atomic E-state index is 5.67. The maximum absolute atomic E-state index is 5.67. The van der Waals surface area contributed by atoms with Gasteiger partial charge in [-0.15, -0.1) is 11.8 Å². The zero-order valence-corrected chi connectivity index (χ0v) is 11.1. The van der Waals surface area contributed by atoms with Crippen LogP contribution in [0.4, 0.5) is 5.69 Å². The Hall–Kier alpha value is -1.41. The SMILES string of the molecule is Cc1ccc(CSc2ccc(N)cc2)c(C)c1. The van der Waals surface area contributed by atoms with E-state index in [1.54, 1.807) is 0 Å². The quantitative estimate of drug-likeness (QED) is 0.646. The number of benzene rings is 2. The van der Waals surface area contributed by atoms with Crippen LogP contribution in [0.1, 0.15) is 16.7 Å². The van der Waals surface area contributed by atoms with Crippen LogP contribution in [0.25, 0.3) is 0 Å². The van der Waals surface area contributed by atoms with E-state index in [1.807, 2.05) is 23.9 Å². The average Bonchev–Trinajstić information content (AvgIpc) is 2.30. The molecule has 0 atom stereocenters. The van der Waals surface area contributed by atoms with Crippen LogP contribution in [0.3, 0.4) is 0 Å². The summed E-state index contributed by atoms with van der Waals surface area (Å²) >= 11 is 1.85. The number of rotatable bonds is 3. The Morgan fingerprint density at radius 3 is 2.35 bits per heavy atom. The summed E-state index contributed by atoms with van der Waals surface area (Å²) in [5, 5.41) is 0. The van der Waals surface area contributed by atoms with Crippen LogP contribution >= 0.6 is 11.8 Å². The molecule has 0 aliphatic heterocycles. The van der Waals surface area contributed by atoms with Crippen LogP contribution in [0.2, 0.25) is 0 Å². The Morgan fingerprint density at radius 1 is 1.00 bits per heavy atom. The predicted octanol–water partition coefficient (Wildman–Crippen LogP) is 4.18. The molecule has 2 N–H and O–H groups in total. The number of hydrogen-bond donors (Lipinski definition) is 1. The van der Waals surface area contributed by atoms with E-state index < -0.39 is 0 Å². The van der Waals surface area contributed by atoms with Crippen molar-refractivity contribution in [2.45, 2.75) is 24.5 Å². The highest BCUT2D eigenvalue weighted by Crippen LogP contribution is 2.25. The van der Waals surface area contributed by atoms with Crippen molar-refractivity contribution in [1.82, 2.24) is 0 Å². The average molecular weight is 243 g/mol. The van der Waals surface area contributed by atoms with Gasteiger partial charge in [-0.3, -0.25) is 0 Å². The monoisotopic (exact) mass is 243 g/mol. The summed E-state index contributed by atoms with van der Waals surface area (Å²) in [7, 11) is 0. The van der Waals surface area contributed by atoms with Crippen molar-refractivity contribution in [2.24, 2.45) is 0 Å². The Balaban J connectivity index is 2.04. The molecule has 2 rings (SSSR count). The first kappa shape index (κ1) is 12.1. The van der Waals surface area contributed by atoms with E-state index in [9.17, 15) is 0 Å². The van der Waals surface area contributed by atoms with Crippen LogP contribution in [0.15, 0.2) is 47.4 Å². The number of anilines is 1. The van der Waals surface area contributed by atoms with Crippen LogP contribution in [0.5, 0.6) is 0 Å². The first-order valence-corrected chi connectivity index (χ1v) is 6.68. The highest BCUT2D eigenvalue weighted by Gasteiger charge is 2.00. The minimum Gasteiger partial charge on any atom is -0.399 e. The van der Waals surface area contributed by atoms with Crippen molar-refractivity contribution in [3.63, 3.8) is 0 Å². The van der Waals surface area contributed by atoms with Crippen LogP contribution < -0.4 is 5.73 Å². The first-order chi connectivity index (χ1) is 8.15. The van der Waals surface area contributed by atoms with Crippen molar-refractivity contribution in [3.8, 4) is 0 Å². The van der Waals surface area contributed by atoms with Crippen molar-refractivity contribution in [1.29, 1.82) is 0 Å². The third-order valence-electron chi connectivity index (χ3n) is 2.77. The molecule has 88 valence electrons. The Morgan fingerprint density at radius 2 is 1.71 bits per heavy atom. The lowest BCUT2D eigenvalue weighted by atomic mass is 10.1. The summed E-state index contributed by atoms with van der Waals surface area (Å²) in [4.78, 5) is 1.26. The number of thioether (sulfide) groups is 1. The second-order valence-corrected chi connectivity index (χ2v) is 5.34. The van der Waals surface area contributed by atoms with Crippen molar-refractivity contribution in [3.05, 3.63) is 59.2 Å². The van der Waals surface area contributed by atoms with E-state index in [2.05, 4.69) is 44.2 Å². The first-order valence-electron chi connectivity index (χ1n) is 5.69. The lowest BCUT2D eigenvalue weighted by Gasteiger charge is -2.07. The lowest BCUT2D eigenvalue weighted by molar-refractivity contribution is 1.27. The van der Waals surface area contributed by atoms with Gasteiger partial charge in [-0.2, -0.15) is 0 Å². The minimum absolute atomic E-state index is 0.820. The highest BCUT2D eigenvalue weighted by molar-refractivity contribution is 7.98. The second-order valence-electron chi connectivity index (χ2n) is 4.29. The molecule has 0 unspecified atom stereocenters. The third kappa shape index (κ3) is 3.27. The van der Waals surface area contributed by atoms with Gasteiger partial charge in [0.2, 0.25) is 0 Å². The van der Waals surface area contributed by atoms with Gasteiger partial charge in [0, 0.05) is 16.3 Å². The summed E-state index contributed by atoms with van der Waals surface area (Å²) < 4.78 is 0. The molecular weight excluding hydrogens is 226 g/mol. The van der Waals surface area contributed by atoms with Gasteiger partial charge in [-0.1, -0.05) is 23.8 Å². The molecule has 0 saturated carbocycles. The molecule has 0 radical (unpaired) electrons. The highest BCUT2D eigenvalue weighted by atomic mass is 32.2. The standard InChI is InChI=1S/C15H17NS/c1-11-3-4-13(12(2)9-11)10-17-15-7-5-14(16)6-8-15/h3-9H,10,16H2,1-2H3. The van der Waals surface area contributed by atoms with Gasteiger partial charge in [-0.25, -0.2) is 0 Å². The lowest BCUT2D eigenvalue weighted by Crippen LogP contribution is -1.88. The molecule has 0 aliphatic carbocycles. The molecule has 0 fully saturated rings. The zero-order chi connectivity index (χ0) is 12.3. The molecular formula is C15H17NS. The number of nitrogen functional groups attached to an aromatic ring is 1. The fourth-order valence-electron chi connectivity index (χ4n) is 1.73. The third-order valence-corrected chi connectivity index (χ3v) is 3.83. The summed E-state index contributed by atoms with van der Waals surface area (Å²) in [5.74, 6) is 1.01. The molecule has 2 aromatic rings. The number of nitrogens with two attached hydrogens (primary N) is 1. The zero-order valence-electron chi connectivity index (χ0n) is 10.2.